The number of hydrogen-bond acceptors (Lipinski definition) is 3. The Morgan fingerprint density at radius 3 is 2.69 bits per heavy atom. The summed E-state index contributed by atoms with van der Waals surface area (Å²) in [6, 6.07) is 4.51. The number of rotatable bonds is 3. The van der Waals surface area contributed by atoms with Gasteiger partial charge in [-0.1, -0.05) is 19.3 Å². The molecule has 1 N–H and O–H groups in total. The van der Waals surface area contributed by atoms with Crippen LogP contribution < -0.4 is 10.1 Å². The van der Waals surface area contributed by atoms with Gasteiger partial charge in [0, 0.05) is 23.9 Å². The maximum Gasteiger partial charge on any atom is 0.130 e. The summed E-state index contributed by atoms with van der Waals surface area (Å²) >= 11 is 0. The van der Waals surface area contributed by atoms with E-state index in [-0.39, 0.29) is 0 Å². The highest BCUT2D eigenvalue weighted by Crippen LogP contribution is 2.23. The average Bonchev–Trinajstić information content (AvgIpc) is 2.29. The van der Waals surface area contributed by atoms with Crippen LogP contribution in [-0.4, -0.2) is 18.1 Å². The van der Waals surface area contributed by atoms with Gasteiger partial charge in [-0.15, -0.1) is 0 Å². The minimum absolute atomic E-state index is 0.591. The number of methoxy groups -OCH3 is 1. The fourth-order valence-corrected chi connectivity index (χ4v) is 2.28. The summed E-state index contributed by atoms with van der Waals surface area (Å²) in [6.07, 6.45) is 6.57. The third-order valence-electron chi connectivity index (χ3n) is 3.12. The first-order chi connectivity index (χ1) is 7.78. The van der Waals surface area contributed by atoms with Crippen molar-refractivity contribution in [1.29, 1.82) is 0 Å². The molecule has 1 aromatic heterocycles. The quantitative estimate of drug-likeness (QED) is 0.849. The molecular weight excluding hydrogens is 200 g/mol. The van der Waals surface area contributed by atoms with Crippen molar-refractivity contribution in [3.8, 4) is 5.75 Å². The van der Waals surface area contributed by atoms with Crippen molar-refractivity contribution in [3.63, 3.8) is 0 Å². The Morgan fingerprint density at radius 2 is 2.00 bits per heavy atom. The summed E-state index contributed by atoms with van der Waals surface area (Å²) in [7, 11) is 1.69. The van der Waals surface area contributed by atoms with Crippen LogP contribution in [0.3, 0.4) is 0 Å². The lowest BCUT2D eigenvalue weighted by Gasteiger charge is -2.23. The van der Waals surface area contributed by atoms with Gasteiger partial charge in [-0.05, 0) is 19.8 Å². The van der Waals surface area contributed by atoms with Crippen molar-refractivity contribution in [3.05, 3.63) is 17.8 Å². The second-order valence-corrected chi connectivity index (χ2v) is 4.51. The van der Waals surface area contributed by atoms with E-state index < -0.39 is 0 Å². The smallest absolute Gasteiger partial charge is 0.130 e. The van der Waals surface area contributed by atoms with Crippen LogP contribution >= 0.6 is 0 Å². The van der Waals surface area contributed by atoms with Gasteiger partial charge in [-0.25, -0.2) is 4.98 Å². The normalized spacial score (nSPS) is 17.1. The van der Waals surface area contributed by atoms with Crippen LogP contribution in [-0.2, 0) is 0 Å². The molecule has 0 atom stereocenters. The van der Waals surface area contributed by atoms with Gasteiger partial charge in [0.25, 0.3) is 0 Å². The Morgan fingerprint density at radius 1 is 1.25 bits per heavy atom. The fourth-order valence-electron chi connectivity index (χ4n) is 2.28. The summed E-state index contributed by atoms with van der Waals surface area (Å²) in [6.45, 7) is 1.99. The maximum absolute atomic E-state index is 5.24. The Hall–Kier alpha value is -1.25. The zero-order valence-corrected chi connectivity index (χ0v) is 10.1. The molecule has 0 amide bonds. The van der Waals surface area contributed by atoms with E-state index in [1.165, 1.54) is 32.1 Å². The number of aromatic nitrogens is 1. The summed E-state index contributed by atoms with van der Waals surface area (Å²) in [5, 5.41) is 3.51. The van der Waals surface area contributed by atoms with Gasteiger partial charge in [0.1, 0.15) is 11.6 Å². The molecule has 1 aromatic rings. The van der Waals surface area contributed by atoms with Gasteiger partial charge in [-0.3, -0.25) is 0 Å². The molecular formula is C13H20N2O. The molecule has 0 bridgehead atoms. The van der Waals surface area contributed by atoms with E-state index in [0.717, 1.165) is 17.3 Å². The van der Waals surface area contributed by atoms with E-state index in [9.17, 15) is 0 Å². The van der Waals surface area contributed by atoms with Gasteiger partial charge in [0.2, 0.25) is 0 Å². The molecule has 1 heterocycles. The first kappa shape index (κ1) is 11.2. The first-order valence-electron chi connectivity index (χ1n) is 6.07. The van der Waals surface area contributed by atoms with Crippen LogP contribution in [0.5, 0.6) is 5.75 Å². The molecule has 3 heteroatoms. The summed E-state index contributed by atoms with van der Waals surface area (Å²) in [4.78, 5) is 4.48. The molecule has 0 unspecified atom stereocenters. The fraction of sp³-hybridized carbons (Fsp3) is 0.615. The number of pyridine rings is 1. The molecule has 1 saturated carbocycles. The molecule has 3 nitrogen and oxygen atoms in total. The third-order valence-corrected chi connectivity index (χ3v) is 3.12. The summed E-state index contributed by atoms with van der Waals surface area (Å²) in [5.41, 5.74) is 0.998. The van der Waals surface area contributed by atoms with Crippen LogP contribution in [0.15, 0.2) is 12.1 Å². The number of aryl methyl sites for hydroxylation is 1. The maximum atomic E-state index is 5.24. The Kier molecular flexibility index (Phi) is 3.65. The molecule has 0 spiro atoms. The molecule has 1 aliphatic rings. The molecule has 88 valence electrons. The average molecular weight is 220 g/mol. The van der Waals surface area contributed by atoms with Crippen LogP contribution in [0.2, 0.25) is 0 Å². The zero-order valence-electron chi connectivity index (χ0n) is 10.1. The van der Waals surface area contributed by atoms with E-state index in [2.05, 4.69) is 10.3 Å². The van der Waals surface area contributed by atoms with Crippen molar-refractivity contribution < 1.29 is 4.74 Å². The second-order valence-electron chi connectivity index (χ2n) is 4.51. The molecule has 1 fully saturated rings. The molecule has 0 aliphatic heterocycles. The molecule has 16 heavy (non-hydrogen) atoms. The number of hydrogen-bond donors (Lipinski definition) is 1. The lowest BCUT2D eigenvalue weighted by Crippen LogP contribution is -2.22. The van der Waals surface area contributed by atoms with E-state index >= 15 is 0 Å². The Balaban J connectivity index is 2.04. The van der Waals surface area contributed by atoms with E-state index in [0.29, 0.717) is 6.04 Å². The number of nitrogens with zero attached hydrogens (tertiary/aromatic N) is 1. The molecule has 1 aliphatic carbocycles. The molecule has 2 rings (SSSR count). The predicted molar refractivity (Wildman–Crippen MR) is 66.0 cm³/mol. The van der Waals surface area contributed by atoms with Gasteiger partial charge in [0.05, 0.1) is 7.11 Å². The topological polar surface area (TPSA) is 34.1 Å². The third kappa shape index (κ3) is 2.87. The highest BCUT2D eigenvalue weighted by Gasteiger charge is 2.13. The highest BCUT2D eigenvalue weighted by atomic mass is 16.5. The van der Waals surface area contributed by atoms with Crippen molar-refractivity contribution in [1.82, 2.24) is 4.98 Å². The Bertz CT molecular complexity index is 346. The number of anilines is 1. The number of ether oxygens (including phenoxy) is 1. The molecule has 0 saturated heterocycles. The van der Waals surface area contributed by atoms with Gasteiger partial charge in [0.15, 0.2) is 0 Å². The monoisotopic (exact) mass is 220 g/mol. The van der Waals surface area contributed by atoms with Gasteiger partial charge >= 0.3 is 0 Å². The largest absolute Gasteiger partial charge is 0.497 e. The lowest BCUT2D eigenvalue weighted by atomic mass is 9.95. The second kappa shape index (κ2) is 5.19. The van der Waals surface area contributed by atoms with Crippen LogP contribution in [0.4, 0.5) is 5.82 Å². The summed E-state index contributed by atoms with van der Waals surface area (Å²) < 4.78 is 5.24. The van der Waals surface area contributed by atoms with Crippen LogP contribution in [0, 0.1) is 6.92 Å². The number of nitrogens with one attached hydrogen (secondary N) is 1. The minimum Gasteiger partial charge on any atom is -0.497 e. The van der Waals surface area contributed by atoms with E-state index in [1.54, 1.807) is 7.11 Å². The SMILES string of the molecule is COc1cc(C)nc(NC2CCCCC2)c1. The van der Waals surface area contributed by atoms with Crippen molar-refractivity contribution in [2.45, 2.75) is 45.1 Å². The Labute approximate surface area is 97.2 Å². The standard InChI is InChI=1S/C13H20N2O/c1-10-8-12(16-2)9-13(14-10)15-11-6-4-3-5-7-11/h8-9,11H,3-7H2,1-2H3,(H,14,15). The molecule has 0 radical (unpaired) electrons. The van der Waals surface area contributed by atoms with E-state index in [1.807, 2.05) is 19.1 Å². The van der Waals surface area contributed by atoms with Gasteiger partial charge < -0.3 is 10.1 Å². The van der Waals surface area contributed by atoms with Crippen molar-refractivity contribution in [2.24, 2.45) is 0 Å². The van der Waals surface area contributed by atoms with Crippen molar-refractivity contribution in [2.75, 3.05) is 12.4 Å². The predicted octanol–water partition coefficient (Wildman–Crippen LogP) is 3.14. The van der Waals surface area contributed by atoms with E-state index in [4.69, 9.17) is 4.74 Å². The summed E-state index contributed by atoms with van der Waals surface area (Å²) in [5.74, 6) is 1.83. The van der Waals surface area contributed by atoms with Gasteiger partial charge in [-0.2, -0.15) is 0 Å². The van der Waals surface area contributed by atoms with Crippen LogP contribution in [0.25, 0.3) is 0 Å². The highest BCUT2D eigenvalue weighted by molar-refractivity contribution is 5.43. The first-order valence-corrected chi connectivity index (χ1v) is 6.07. The molecule has 0 aromatic carbocycles. The minimum atomic E-state index is 0.591. The lowest BCUT2D eigenvalue weighted by molar-refractivity contribution is 0.413. The zero-order chi connectivity index (χ0) is 11.4. The van der Waals surface area contributed by atoms with Crippen LogP contribution in [0.1, 0.15) is 37.8 Å². The van der Waals surface area contributed by atoms with Crippen molar-refractivity contribution >= 4 is 5.82 Å².